The van der Waals surface area contributed by atoms with Crippen LogP contribution in [0.1, 0.15) is 18.4 Å². The fourth-order valence-corrected chi connectivity index (χ4v) is 2.64. The number of ether oxygens (including phenoxy) is 1. The lowest BCUT2D eigenvalue weighted by Gasteiger charge is -2.32. The Morgan fingerprint density at radius 1 is 1.35 bits per heavy atom. The number of alkyl halides is 3. The molecular formula is C17H20F3N3O3. The van der Waals surface area contributed by atoms with Gasteiger partial charge in [-0.1, -0.05) is 6.08 Å². The summed E-state index contributed by atoms with van der Waals surface area (Å²) in [6.45, 7) is 1.30. The number of anilines is 1. The third-order valence-corrected chi connectivity index (χ3v) is 4.11. The van der Waals surface area contributed by atoms with Crippen molar-refractivity contribution in [1.82, 2.24) is 10.3 Å². The number of rotatable bonds is 5. The molecule has 9 heteroatoms. The summed E-state index contributed by atoms with van der Waals surface area (Å²) in [5.41, 5.74) is -0.782. The molecule has 1 N–H and O–H groups in total. The molecule has 0 radical (unpaired) electrons. The molecule has 0 bridgehead atoms. The van der Waals surface area contributed by atoms with Gasteiger partial charge < -0.3 is 15.0 Å². The van der Waals surface area contributed by atoms with E-state index in [-0.39, 0.29) is 18.4 Å². The molecule has 1 aliphatic rings. The molecule has 0 spiro atoms. The number of nitrogens with one attached hydrogen (secondary N) is 1. The summed E-state index contributed by atoms with van der Waals surface area (Å²) in [5.74, 6) is -0.304. The fraction of sp³-hybridized carbons (Fsp3) is 0.471. The second kappa shape index (κ2) is 8.68. The SMILES string of the molecule is COC(=O)/C=C/CNC(=O)C1CCN(c2ccc(C(F)(F)F)cn2)CC1. The smallest absolute Gasteiger partial charge is 0.417 e. The van der Waals surface area contributed by atoms with Crippen molar-refractivity contribution in [2.75, 3.05) is 31.6 Å². The Morgan fingerprint density at radius 2 is 2.04 bits per heavy atom. The first kappa shape index (κ1) is 19.7. The number of esters is 1. The maximum atomic E-state index is 12.6. The van der Waals surface area contributed by atoms with Crippen LogP contribution in [0.5, 0.6) is 0 Å². The van der Waals surface area contributed by atoms with Crippen LogP contribution >= 0.6 is 0 Å². The first-order valence-electron chi connectivity index (χ1n) is 8.11. The summed E-state index contributed by atoms with van der Waals surface area (Å²) in [6, 6.07) is 2.36. The average molecular weight is 371 g/mol. The van der Waals surface area contributed by atoms with Crippen molar-refractivity contribution >= 4 is 17.7 Å². The van der Waals surface area contributed by atoms with E-state index in [9.17, 15) is 22.8 Å². The highest BCUT2D eigenvalue weighted by atomic mass is 19.4. The number of carbonyl (C=O) groups excluding carboxylic acids is 2. The van der Waals surface area contributed by atoms with Gasteiger partial charge in [-0.2, -0.15) is 13.2 Å². The first-order valence-corrected chi connectivity index (χ1v) is 8.11. The van der Waals surface area contributed by atoms with Crippen molar-refractivity contribution in [2.24, 2.45) is 5.92 Å². The van der Waals surface area contributed by atoms with E-state index in [1.165, 1.54) is 25.3 Å². The van der Waals surface area contributed by atoms with Gasteiger partial charge in [-0.3, -0.25) is 4.79 Å². The summed E-state index contributed by atoms with van der Waals surface area (Å²) >= 11 is 0. The number of piperidine rings is 1. The van der Waals surface area contributed by atoms with Crippen molar-refractivity contribution in [2.45, 2.75) is 19.0 Å². The van der Waals surface area contributed by atoms with Gasteiger partial charge in [0.25, 0.3) is 0 Å². The van der Waals surface area contributed by atoms with Gasteiger partial charge in [-0.25, -0.2) is 9.78 Å². The molecule has 0 aliphatic carbocycles. The van der Waals surface area contributed by atoms with Gasteiger partial charge in [-0.15, -0.1) is 0 Å². The lowest BCUT2D eigenvalue weighted by Crippen LogP contribution is -2.41. The zero-order chi connectivity index (χ0) is 19.2. The van der Waals surface area contributed by atoms with E-state index in [0.717, 1.165) is 12.3 Å². The zero-order valence-electron chi connectivity index (χ0n) is 14.3. The zero-order valence-corrected chi connectivity index (χ0v) is 14.3. The van der Waals surface area contributed by atoms with E-state index in [0.29, 0.717) is 31.7 Å². The van der Waals surface area contributed by atoms with Crippen molar-refractivity contribution in [1.29, 1.82) is 0 Å². The van der Waals surface area contributed by atoms with Gasteiger partial charge in [0.15, 0.2) is 0 Å². The predicted molar refractivity (Wildman–Crippen MR) is 88.3 cm³/mol. The number of amides is 1. The maximum Gasteiger partial charge on any atom is 0.417 e. The van der Waals surface area contributed by atoms with Crippen molar-refractivity contribution in [3.63, 3.8) is 0 Å². The van der Waals surface area contributed by atoms with Crippen LogP contribution in [0.2, 0.25) is 0 Å². The molecule has 1 saturated heterocycles. The van der Waals surface area contributed by atoms with Crippen LogP contribution in [0.25, 0.3) is 0 Å². The molecule has 1 fully saturated rings. The highest BCUT2D eigenvalue weighted by molar-refractivity contribution is 5.82. The van der Waals surface area contributed by atoms with Gasteiger partial charge in [0.05, 0.1) is 12.7 Å². The van der Waals surface area contributed by atoms with E-state index < -0.39 is 17.7 Å². The molecule has 6 nitrogen and oxygen atoms in total. The summed E-state index contributed by atoms with van der Waals surface area (Å²) in [6.07, 6.45) is 0.315. The van der Waals surface area contributed by atoms with E-state index >= 15 is 0 Å². The molecule has 0 saturated carbocycles. The Labute approximate surface area is 149 Å². The molecular weight excluding hydrogens is 351 g/mol. The number of hydrogen-bond acceptors (Lipinski definition) is 5. The minimum absolute atomic E-state index is 0.112. The van der Waals surface area contributed by atoms with Crippen molar-refractivity contribution in [3.8, 4) is 0 Å². The second-order valence-electron chi connectivity index (χ2n) is 5.83. The number of carbonyl (C=O) groups is 2. The molecule has 2 heterocycles. The third-order valence-electron chi connectivity index (χ3n) is 4.11. The molecule has 26 heavy (non-hydrogen) atoms. The Morgan fingerprint density at radius 3 is 2.58 bits per heavy atom. The lowest BCUT2D eigenvalue weighted by atomic mass is 9.96. The van der Waals surface area contributed by atoms with Crippen LogP contribution < -0.4 is 10.2 Å². The first-order chi connectivity index (χ1) is 12.3. The highest BCUT2D eigenvalue weighted by Crippen LogP contribution is 2.30. The van der Waals surface area contributed by atoms with E-state index in [1.54, 1.807) is 0 Å². The summed E-state index contributed by atoms with van der Waals surface area (Å²) in [7, 11) is 1.27. The molecule has 0 aromatic carbocycles. The minimum Gasteiger partial charge on any atom is -0.466 e. The summed E-state index contributed by atoms with van der Waals surface area (Å²) in [5, 5.41) is 2.72. The normalized spacial score (nSPS) is 15.9. The Kier molecular flexibility index (Phi) is 6.59. The Balaban J connectivity index is 1.80. The van der Waals surface area contributed by atoms with Gasteiger partial charge in [0.1, 0.15) is 5.82 Å². The molecule has 1 amide bonds. The average Bonchev–Trinajstić information content (AvgIpc) is 2.64. The Hall–Kier alpha value is -2.58. The number of aromatic nitrogens is 1. The Bertz CT molecular complexity index is 651. The summed E-state index contributed by atoms with van der Waals surface area (Å²) < 4.78 is 42.1. The van der Waals surface area contributed by atoms with E-state index in [1.807, 2.05) is 4.90 Å². The lowest BCUT2D eigenvalue weighted by molar-refractivity contribution is -0.138. The van der Waals surface area contributed by atoms with Crippen LogP contribution in [-0.4, -0.2) is 43.6 Å². The largest absolute Gasteiger partial charge is 0.466 e. The minimum atomic E-state index is -4.40. The number of halogens is 3. The van der Waals surface area contributed by atoms with E-state index in [2.05, 4.69) is 15.0 Å². The molecule has 0 unspecified atom stereocenters. The van der Waals surface area contributed by atoms with Gasteiger partial charge in [0, 0.05) is 37.8 Å². The van der Waals surface area contributed by atoms with Crippen LogP contribution in [-0.2, 0) is 20.5 Å². The van der Waals surface area contributed by atoms with E-state index in [4.69, 9.17) is 0 Å². The van der Waals surface area contributed by atoms with Crippen LogP contribution in [0, 0.1) is 5.92 Å². The van der Waals surface area contributed by atoms with Gasteiger partial charge in [-0.05, 0) is 25.0 Å². The second-order valence-corrected chi connectivity index (χ2v) is 5.83. The van der Waals surface area contributed by atoms with Gasteiger partial charge in [0.2, 0.25) is 5.91 Å². The van der Waals surface area contributed by atoms with Crippen molar-refractivity contribution in [3.05, 3.63) is 36.0 Å². The number of hydrogen-bond donors (Lipinski definition) is 1. The topological polar surface area (TPSA) is 71.5 Å². The highest BCUT2D eigenvalue weighted by Gasteiger charge is 2.31. The summed E-state index contributed by atoms with van der Waals surface area (Å²) in [4.78, 5) is 28.7. The molecule has 1 aromatic rings. The van der Waals surface area contributed by atoms with Crippen LogP contribution in [0.15, 0.2) is 30.5 Å². The number of nitrogens with zero attached hydrogens (tertiary/aromatic N) is 2. The quantitative estimate of drug-likeness (QED) is 0.634. The van der Waals surface area contributed by atoms with Gasteiger partial charge >= 0.3 is 12.1 Å². The van der Waals surface area contributed by atoms with Crippen molar-refractivity contribution < 1.29 is 27.5 Å². The maximum absolute atomic E-state index is 12.6. The van der Waals surface area contributed by atoms with Crippen LogP contribution in [0.4, 0.5) is 19.0 Å². The predicted octanol–water partition coefficient (Wildman–Crippen LogP) is 2.16. The monoisotopic (exact) mass is 371 g/mol. The molecule has 0 atom stereocenters. The number of pyridine rings is 1. The molecule has 2 rings (SSSR count). The molecule has 1 aliphatic heterocycles. The molecule has 1 aromatic heterocycles. The standard InChI is InChI=1S/C17H20F3N3O3/c1-26-15(24)3-2-8-21-16(25)12-6-9-23(10-7-12)14-5-4-13(11-22-14)17(18,19)20/h2-5,11-12H,6-10H2,1H3,(H,21,25)/b3-2+. The fourth-order valence-electron chi connectivity index (χ4n) is 2.64. The van der Waals surface area contributed by atoms with Crippen LogP contribution in [0.3, 0.4) is 0 Å². The number of methoxy groups -OCH3 is 1. The third kappa shape index (κ3) is 5.47. The molecule has 142 valence electrons.